The molecule has 0 aromatic rings. The Morgan fingerprint density at radius 1 is 0.400 bits per heavy atom. The molecule has 0 aliphatic heterocycles. The Labute approximate surface area is 341 Å². The predicted octanol–water partition coefficient (Wildman–Crippen LogP) is 15.4. The van der Waals surface area contributed by atoms with E-state index in [9.17, 15) is 10.2 Å². The summed E-state index contributed by atoms with van der Waals surface area (Å²) in [5.74, 6) is 0. The largest absolute Gasteiger partial charge is 0.390 e. The van der Waals surface area contributed by atoms with Gasteiger partial charge in [0.1, 0.15) is 0 Å². The maximum Gasteiger partial charge on any atom is 0.0951 e. The number of hydrogen-bond acceptors (Lipinski definition) is 3. The van der Waals surface area contributed by atoms with Crippen LogP contribution in [0, 0.1) is 0 Å². The molecule has 0 amide bonds. The second-order valence-corrected chi connectivity index (χ2v) is 18.2. The highest BCUT2D eigenvalue weighted by molar-refractivity contribution is 5.12. The molecule has 2 N–H and O–H groups in total. The number of unbranched alkanes of at least 4 members (excludes halogenated alkanes) is 2. The van der Waals surface area contributed by atoms with E-state index in [1.807, 2.05) is 0 Å². The Kier molecular flexibility index (Phi) is 23.7. The van der Waals surface area contributed by atoms with Crippen LogP contribution < -0.4 is 0 Å². The Morgan fingerprint density at radius 2 is 0.655 bits per heavy atom. The standard InChI is InChI=1S/C52H86O3/c1-41(2)21-15-27-47(9)31-17-29-43(5)23-11-13-25-45(7)33-19-35-49(53)51(37-38-51)55-52(39-40-52)50(54)36-20-34-46(8)26-14-12-24-44(6)30-18-32-48(10)28-16-22-42(3)4/h21-26,31-32,49-50,53-54H,11-20,27-30,33-40H2,1-10H3. The van der Waals surface area contributed by atoms with E-state index in [0.29, 0.717) is 0 Å². The topological polar surface area (TPSA) is 49.7 Å². The van der Waals surface area contributed by atoms with Crippen molar-refractivity contribution in [2.75, 3.05) is 0 Å². The van der Waals surface area contributed by atoms with Gasteiger partial charge in [-0.25, -0.2) is 0 Å². The molecular formula is C52H86O3. The summed E-state index contributed by atoms with van der Waals surface area (Å²) in [6.07, 6.45) is 40.9. The van der Waals surface area contributed by atoms with Gasteiger partial charge in [0, 0.05) is 0 Å². The molecule has 0 radical (unpaired) electrons. The number of rotatable bonds is 30. The molecular weight excluding hydrogens is 673 g/mol. The van der Waals surface area contributed by atoms with Crippen molar-refractivity contribution in [3.05, 3.63) is 93.2 Å². The fraction of sp³-hybridized carbons (Fsp3) is 0.692. The van der Waals surface area contributed by atoms with Crippen LogP contribution in [0.2, 0.25) is 0 Å². The summed E-state index contributed by atoms with van der Waals surface area (Å²) >= 11 is 0. The van der Waals surface area contributed by atoms with Gasteiger partial charge in [-0.15, -0.1) is 0 Å². The summed E-state index contributed by atoms with van der Waals surface area (Å²) in [5, 5.41) is 22.4. The second kappa shape index (κ2) is 26.7. The van der Waals surface area contributed by atoms with Crippen LogP contribution in [0.25, 0.3) is 0 Å². The van der Waals surface area contributed by atoms with E-state index in [1.165, 1.54) is 57.4 Å². The summed E-state index contributed by atoms with van der Waals surface area (Å²) in [7, 11) is 0. The van der Waals surface area contributed by atoms with E-state index < -0.39 is 23.4 Å². The number of allylic oxidation sites excluding steroid dienone is 16. The zero-order chi connectivity index (χ0) is 40.7. The monoisotopic (exact) mass is 759 g/mol. The highest BCUT2D eigenvalue weighted by Crippen LogP contribution is 2.55. The highest BCUT2D eigenvalue weighted by Gasteiger charge is 2.60. The predicted molar refractivity (Wildman–Crippen MR) is 242 cm³/mol. The van der Waals surface area contributed by atoms with Crippen molar-refractivity contribution in [2.24, 2.45) is 0 Å². The first kappa shape index (κ1) is 48.9. The fourth-order valence-corrected chi connectivity index (χ4v) is 7.53. The zero-order valence-electron chi connectivity index (χ0n) is 37.6. The quantitative estimate of drug-likeness (QED) is 0.0566. The number of aliphatic hydroxyl groups is 2. The molecule has 0 spiro atoms. The lowest BCUT2D eigenvalue weighted by Crippen LogP contribution is -2.41. The molecule has 0 aromatic heterocycles. The van der Waals surface area contributed by atoms with E-state index in [0.717, 1.165) is 128 Å². The Bertz CT molecular complexity index is 1250. The van der Waals surface area contributed by atoms with Gasteiger partial charge in [-0.3, -0.25) is 0 Å². The third kappa shape index (κ3) is 22.4. The van der Waals surface area contributed by atoms with Crippen LogP contribution in [0.1, 0.15) is 210 Å². The van der Waals surface area contributed by atoms with Gasteiger partial charge in [-0.05, 0) is 210 Å². The third-order valence-electron chi connectivity index (χ3n) is 11.8. The van der Waals surface area contributed by atoms with Gasteiger partial charge < -0.3 is 14.9 Å². The lowest BCUT2D eigenvalue weighted by Gasteiger charge is -2.31. The molecule has 55 heavy (non-hydrogen) atoms. The normalized spacial score (nSPS) is 18.6. The molecule has 0 heterocycles. The first-order chi connectivity index (χ1) is 26.2. The molecule has 2 aliphatic carbocycles. The van der Waals surface area contributed by atoms with Gasteiger partial charge in [-0.2, -0.15) is 0 Å². The van der Waals surface area contributed by atoms with Crippen LogP contribution in [-0.4, -0.2) is 33.6 Å². The van der Waals surface area contributed by atoms with E-state index in [1.54, 1.807) is 0 Å². The molecule has 2 saturated carbocycles. The zero-order valence-corrected chi connectivity index (χ0v) is 37.6. The van der Waals surface area contributed by atoms with E-state index in [-0.39, 0.29) is 0 Å². The molecule has 0 saturated heterocycles. The van der Waals surface area contributed by atoms with E-state index in [4.69, 9.17) is 4.74 Å². The fourth-order valence-electron chi connectivity index (χ4n) is 7.53. The van der Waals surface area contributed by atoms with Crippen molar-refractivity contribution >= 4 is 0 Å². The van der Waals surface area contributed by atoms with Crippen LogP contribution in [-0.2, 0) is 4.74 Å². The molecule has 2 fully saturated rings. The van der Waals surface area contributed by atoms with Crippen molar-refractivity contribution in [3.63, 3.8) is 0 Å². The Morgan fingerprint density at radius 3 is 0.927 bits per heavy atom. The maximum absolute atomic E-state index is 11.2. The highest BCUT2D eigenvalue weighted by atomic mass is 16.6. The van der Waals surface area contributed by atoms with Crippen LogP contribution in [0.3, 0.4) is 0 Å². The summed E-state index contributed by atoms with van der Waals surface area (Å²) in [4.78, 5) is 0. The van der Waals surface area contributed by atoms with Crippen LogP contribution in [0.5, 0.6) is 0 Å². The van der Waals surface area contributed by atoms with Crippen molar-refractivity contribution < 1.29 is 14.9 Å². The van der Waals surface area contributed by atoms with Gasteiger partial charge in [0.15, 0.2) is 0 Å². The van der Waals surface area contributed by atoms with Crippen LogP contribution in [0.15, 0.2) is 93.2 Å². The molecule has 0 bridgehead atoms. The van der Waals surface area contributed by atoms with E-state index in [2.05, 4.69) is 118 Å². The van der Waals surface area contributed by atoms with E-state index >= 15 is 0 Å². The minimum atomic E-state index is -0.443. The molecule has 2 aliphatic rings. The van der Waals surface area contributed by atoms with Crippen LogP contribution in [0.4, 0.5) is 0 Å². The van der Waals surface area contributed by atoms with Crippen molar-refractivity contribution in [1.29, 1.82) is 0 Å². The van der Waals surface area contributed by atoms with Gasteiger partial charge in [0.2, 0.25) is 0 Å². The minimum Gasteiger partial charge on any atom is -0.390 e. The summed E-state index contributed by atoms with van der Waals surface area (Å²) in [6.45, 7) is 22.2. The maximum atomic E-state index is 11.2. The van der Waals surface area contributed by atoms with Gasteiger partial charge in [0.05, 0.1) is 23.4 Å². The SMILES string of the molecule is CC(C)=CCCC(C)=CCCC(C)=CCCC=C(C)CCCC(O)C1(OC2(C(O)CCCC(C)=CCCC=C(C)CCC=C(C)CCC=C(C)C)CC2)CC1. The lowest BCUT2D eigenvalue weighted by atomic mass is 9.99. The van der Waals surface area contributed by atoms with Crippen LogP contribution >= 0.6 is 0 Å². The molecule has 3 nitrogen and oxygen atoms in total. The average Bonchev–Trinajstić information content (AvgIpc) is 4.06. The lowest BCUT2D eigenvalue weighted by molar-refractivity contribution is -0.149. The Hall–Kier alpha value is -2.20. The first-order valence-corrected chi connectivity index (χ1v) is 22.4. The van der Waals surface area contributed by atoms with Crippen molar-refractivity contribution in [1.82, 2.24) is 0 Å². The summed E-state index contributed by atoms with van der Waals surface area (Å²) < 4.78 is 6.67. The van der Waals surface area contributed by atoms with Gasteiger partial charge in [0.25, 0.3) is 0 Å². The average molecular weight is 759 g/mol. The smallest absolute Gasteiger partial charge is 0.0951 e. The molecule has 0 aromatic carbocycles. The molecule has 312 valence electrons. The first-order valence-electron chi connectivity index (χ1n) is 22.4. The van der Waals surface area contributed by atoms with Gasteiger partial charge in [-0.1, -0.05) is 93.2 Å². The van der Waals surface area contributed by atoms with Crippen molar-refractivity contribution in [2.45, 2.75) is 234 Å². The number of aliphatic hydroxyl groups excluding tert-OH is 2. The van der Waals surface area contributed by atoms with Gasteiger partial charge >= 0.3 is 0 Å². The Balaban J connectivity index is 1.62. The molecule has 3 heteroatoms. The van der Waals surface area contributed by atoms with Crippen molar-refractivity contribution in [3.8, 4) is 0 Å². The molecule has 2 unspecified atom stereocenters. The number of hydrogen-bond donors (Lipinski definition) is 2. The molecule has 2 atom stereocenters. The third-order valence-corrected chi connectivity index (χ3v) is 11.8. The number of ether oxygens (including phenoxy) is 1. The summed E-state index contributed by atoms with van der Waals surface area (Å²) in [5.41, 5.74) is 10.8. The molecule has 2 rings (SSSR count). The minimum absolute atomic E-state index is 0.432. The summed E-state index contributed by atoms with van der Waals surface area (Å²) in [6, 6.07) is 0. The second-order valence-electron chi connectivity index (χ2n) is 18.2.